The van der Waals surface area contributed by atoms with E-state index in [1.54, 1.807) is 19.4 Å². The Morgan fingerprint density at radius 2 is 2.22 bits per heavy atom. The van der Waals surface area contributed by atoms with Crippen LogP contribution in [0.1, 0.15) is 19.8 Å². The molecule has 2 aromatic heterocycles. The van der Waals surface area contributed by atoms with E-state index in [0.29, 0.717) is 54.6 Å². The fraction of sp³-hybridized carbons (Fsp3) is 0.474. The first kappa shape index (κ1) is 19.2. The number of ether oxygens (including phenoxy) is 3. The standard InChI is InChI=1S/C19H25N4O4/c1-3-26-18-15(12-21-13-7-8-16(25-2)22-17(13)18)27-11-10-23-9-5-4-6-14(23)19(20)24/h4,7-8,12,14H,3,5-6,9-11H2,1-2H3,(H2,20,24). The van der Waals surface area contributed by atoms with E-state index in [-0.39, 0.29) is 11.9 Å². The van der Waals surface area contributed by atoms with Gasteiger partial charge in [0.1, 0.15) is 12.1 Å². The monoisotopic (exact) mass is 373 g/mol. The summed E-state index contributed by atoms with van der Waals surface area (Å²) in [6, 6.07) is 3.31. The number of nitrogens with two attached hydrogens (primary N) is 1. The normalized spacial score (nSPS) is 17.6. The fourth-order valence-corrected chi connectivity index (χ4v) is 3.18. The number of hydrogen-bond acceptors (Lipinski definition) is 7. The average molecular weight is 373 g/mol. The maximum absolute atomic E-state index is 11.6. The Hall–Kier alpha value is -2.61. The number of rotatable bonds is 8. The van der Waals surface area contributed by atoms with Crippen molar-refractivity contribution in [3.8, 4) is 17.4 Å². The van der Waals surface area contributed by atoms with Crippen molar-refractivity contribution in [2.45, 2.75) is 25.8 Å². The Balaban J connectivity index is 1.75. The van der Waals surface area contributed by atoms with Crippen LogP contribution in [0.5, 0.6) is 17.4 Å². The number of pyridine rings is 2. The molecule has 0 aromatic carbocycles. The van der Waals surface area contributed by atoms with Crippen LogP contribution < -0.4 is 19.9 Å². The highest BCUT2D eigenvalue weighted by Gasteiger charge is 2.26. The van der Waals surface area contributed by atoms with Gasteiger partial charge in [-0.3, -0.25) is 14.7 Å². The number of hydrogen-bond donors (Lipinski definition) is 1. The Morgan fingerprint density at radius 3 is 2.96 bits per heavy atom. The SMILES string of the molecule is CCOc1c(OCCN2CC[CH]CC2C(N)=O)cnc2ccc(OC)nc12. The van der Waals surface area contributed by atoms with Gasteiger partial charge in [-0.15, -0.1) is 0 Å². The molecule has 1 saturated heterocycles. The lowest BCUT2D eigenvalue weighted by molar-refractivity contribution is -0.123. The molecule has 0 bridgehead atoms. The van der Waals surface area contributed by atoms with Crippen LogP contribution in [0.3, 0.4) is 0 Å². The molecule has 1 fully saturated rings. The summed E-state index contributed by atoms with van der Waals surface area (Å²) in [4.78, 5) is 22.5. The summed E-state index contributed by atoms with van der Waals surface area (Å²) < 4.78 is 16.9. The van der Waals surface area contributed by atoms with Crippen molar-refractivity contribution in [1.29, 1.82) is 0 Å². The molecule has 1 atom stereocenters. The van der Waals surface area contributed by atoms with Crippen LogP contribution in [0.2, 0.25) is 0 Å². The van der Waals surface area contributed by atoms with Gasteiger partial charge in [-0.1, -0.05) is 0 Å². The lowest BCUT2D eigenvalue weighted by Crippen LogP contribution is -2.49. The number of methoxy groups -OCH3 is 1. The van der Waals surface area contributed by atoms with Crippen LogP contribution in [0.25, 0.3) is 11.0 Å². The predicted octanol–water partition coefficient (Wildman–Crippen LogP) is 1.57. The van der Waals surface area contributed by atoms with Crippen molar-refractivity contribution in [1.82, 2.24) is 14.9 Å². The van der Waals surface area contributed by atoms with E-state index >= 15 is 0 Å². The van der Waals surface area contributed by atoms with Gasteiger partial charge in [0.05, 0.1) is 31.5 Å². The predicted molar refractivity (Wildman–Crippen MR) is 101 cm³/mol. The number of fused-ring (bicyclic) bond motifs is 1. The molecule has 145 valence electrons. The van der Waals surface area contributed by atoms with Crippen molar-refractivity contribution >= 4 is 16.9 Å². The molecule has 1 radical (unpaired) electrons. The summed E-state index contributed by atoms with van der Waals surface area (Å²) in [5, 5.41) is 0. The molecule has 1 amide bonds. The maximum atomic E-state index is 11.6. The smallest absolute Gasteiger partial charge is 0.234 e. The topological polar surface area (TPSA) is 99.8 Å². The summed E-state index contributed by atoms with van der Waals surface area (Å²) in [5.74, 6) is 1.24. The van der Waals surface area contributed by atoms with Gasteiger partial charge in [0, 0.05) is 12.6 Å². The molecule has 2 aromatic rings. The first-order chi connectivity index (χ1) is 13.1. The van der Waals surface area contributed by atoms with Crippen molar-refractivity contribution in [2.75, 3.05) is 33.4 Å². The second kappa shape index (κ2) is 8.85. The summed E-state index contributed by atoms with van der Waals surface area (Å²) in [6.45, 7) is 4.15. The minimum Gasteiger partial charge on any atom is -0.488 e. The highest BCUT2D eigenvalue weighted by atomic mass is 16.5. The van der Waals surface area contributed by atoms with E-state index < -0.39 is 0 Å². The minimum atomic E-state index is -0.301. The summed E-state index contributed by atoms with van der Waals surface area (Å²) in [5.41, 5.74) is 6.80. The Kier molecular flexibility index (Phi) is 6.28. The molecule has 1 unspecified atom stereocenters. The Labute approximate surface area is 158 Å². The third-order valence-corrected chi connectivity index (χ3v) is 4.52. The van der Waals surface area contributed by atoms with E-state index in [4.69, 9.17) is 19.9 Å². The number of amides is 1. The van der Waals surface area contributed by atoms with Crippen molar-refractivity contribution in [3.05, 3.63) is 24.8 Å². The van der Waals surface area contributed by atoms with Gasteiger partial charge >= 0.3 is 0 Å². The number of carbonyl (C=O) groups excluding carboxylic acids is 1. The summed E-state index contributed by atoms with van der Waals surface area (Å²) in [7, 11) is 1.56. The summed E-state index contributed by atoms with van der Waals surface area (Å²) in [6.07, 6.45) is 5.36. The molecule has 8 heteroatoms. The van der Waals surface area contributed by atoms with E-state index in [1.165, 1.54) is 0 Å². The van der Waals surface area contributed by atoms with Crippen LogP contribution in [0, 0.1) is 6.42 Å². The first-order valence-electron chi connectivity index (χ1n) is 9.08. The largest absolute Gasteiger partial charge is 0.488 e. The van der Waals surface area contributed by atoms with Gasteiger partial charge in [0.2, 0.25) is 11.8 Å². The lowest BCUT2D eigenvalue weighted by Gasteiger charge is -2.33. The van der Waals surface area contributed by atoms with Crippen LogP contribution >= 0.6 is 0 Å². The van der Waals surface area contributed by atoms with E-state index in [1.807, 2.05) is 13.0 Å². The average Bonchev–Trinajstić information content (AvgIpc) is 2.69. The maximum Gasteiger partial charge on any atom is 0.234 e. The zero-order valence-electron chi connectivity index (χ0n) is 15.7. The minimum absolute atomic E-state index is 0.269. The molecule has 1 aliphatic heterocycles. The molecular formula is C19H25N4O4. The third kappa shape index (κ3) is 4.39. The summed E-state index contributed by atoms with van der Waals surface area (Å²) >= 11 is 0. The number of likely N-dealkylation sites (tertiary alicyclic amines) is 1. The Bertz CT molecular complexity index is 799. The number of piperidine rings is 1. The third-order valence-electron chi connectivity index (χ3n) is 4.52. The molecule has 3 heterocycles. The van der Waals surface area contributed by atoms with Gasteiger partial charge in [-0.25, -0.2) is 4.98 Å². The van der Waals surface area contributed by atoms with Crippen LogP contribution in [0.15, 0.2) is 18.3 Å². The molecule has 27 heavy (non-hydrogen) atoms. The van der Waals surface area contributed by atoms with Crippen molar-refractivity contribution < 1.29 is 19.0 Å². The van der Waals surface area contributed by atoms with Crippen LogP contribution in [-0.4, -0.2) is 60.2 Å². The van der Waals surface area contributed by atoms with Gasteiger partial charge in [0.25, 0.3) is 0 Å². The van der Waals surface area contributed by atoms with Crippen LogP contribution in [-0.2, 0) is 4.79 Å². The molecule has 2 N–H and O–H groups in total. The quantitative estimate of drug-likeness (QED) is 0.750. The van der Waals surface area contributed by atoms with Crippen LogP contribution in [0.4, 0.5) is 0 Å². The number of carbonyl (C=O) groups is 1. The van der Waals surface area contributed by atoms with Gasteiger partial charge < -0.3 is 19.9 Å². The van der Waals surface area contributed by atoms with Crippen molar-refractivity contribution in [3.63, 3.8) is 0 Å². The van der Waals surface area contributed by atoms with E-state index in [2.05, 4.69) is 21.3 Å². The van der Waals surface area contributed by atoms with Gasteiger partial charge in [-0.05, 0) is 38.8 Å². The van der Waals surface area contributed by atoms with Gasteiger partial charge in [0.15, 0.2) is 11.5 Å². The molecule has 1 aliphatic rings. The highest BCUT2D eigenvalue weighted by molar-refractivity contribution is 5.84. The Morgan fingerprint density at radius 1 is 1.37 bits per heavy atom. The van der Waals surface area contributed by atoms with E-state index in [9.17, 15) is 4.79 Å². The molecular weight excluding hydrogens is 348 g/mol. The second-order valence-electron chi connectivity index (χ2n) is 6.22. The number of primary amides is 1. The van der Waals surface area contributed by atoms with Gasteiger partial charge in [-0.2, -0.15) is 0 Å². The van der Waals surface area contributed by atoms with E-state index in [0.717, 1.165) is 13.0 Å². The molecule has 0 aliphatic carbocycles. The molecule has 8 nitrogen and oxygen atoms in total. The molecule has 0 spiro atoms. The number of nitrogens with zero attached hydrogens (tertiary/aromatic N) is 3. The highest BCUT2D eigenvalue weighted by Crippen LogP contribution is 2.34. The van der Waals surface area contributed by atoms with Crippen molar-refractivity contribution in [2.24, 2.45) is 5.73 Å². The zero-order chi connectivity index (χ0) is 19.2. The molecule has 0 saturated carbocycles. The number of aromatic nitrogens is 2. The first-order valence-corrected chi connectivity index (χ1v) is 9.08. The zero-order valence-corrected chi connectivity index (χ0v) is 15.7. The fourth-order valence-electron chi connectivity index (χ4n) is 3.18. The molecule has 3 rings (SSSR count). The second-order valence-corrected chi connectivity index (χ2v) is 6.22. The lowest BCUT2D eigenvalue weighted by atomic mass is 10.0.